The molecule has 2 heterocycles. The van der Waals surface area contributed by atoms with Gasteiger partial charge in [-0.3, -0.25) is 4.90 Å². The average Bonchev–Trinajstić information content (AvgIpc) is 3.09. The van der Waals surface area contributed by atoms with E-state index in [4.69, 9.17) is 14.2 Å². The number of amides is 1. The highest BCUT2D eigenvalue weighted by Gasteiger charge is 2.49. The number of hydrogen-bond donors (Lipinski definition) is 0. The van der Waals surface area contributed by atoms with E-state index in [1.54, 1.807) is 4.90 Å². The minimum atomic E-state index is -0.611. The summed E-state index contributed by atoms with van der Waals surface area (Å²) in [6, 6.07) is 0.0710. The first-order chi connectivity index (χ1) is 10.6. The first-order valence-corrected chi connectivity index (χ1v) is 8.91. The molecule has 2 aliphatic heterocycles. The zero-order valence-corrected chi connectivity index (χ0v) is 15.2. The predicted molar refractivity (Wildman–Crippen MR) is 87.2 cm³/mol. The fourth-order valence-electron chi connectivity index (χ4n) is 3.76. The standard InChI is InChI=1S/C18H31NO4/c1-16(2,3)23-15(20)19-14(12-21-17(19,4)5)10-13-6-7-18(8-9-18)22-11-13/h13-14H,6-12H2,1-5H3/t13-,14?/m1/s1. The third-order valence-electron chi connectivity index (χ3n) is 5.21. The van der Waals surface area contributed by atoms with Crippen molar-refractivity contribution in [3.8, 4) is 0 Å². The molecule has 0 aromatic rings. The summed E-state index contributed by atoms with van der Waals surface area (Å²) in [5.74, 6) is 0.508. The maximum Gasteiger partial charge on any atom is 0.412 e. The molecule has 132 valence electrons. The second kappa shape index (κ2) is 5.62. The molecular formula is C18H31NO4. The van der Waals surface area contributed by atoms with Gasteiger partial charge in [-0.25, -0.2) is 4.79 Å². The highest BCUT2D eigenvalue weighted by atomic mass is 16.6. The van der Waals surface area contributed by atoms with Crippen molar-refractivity contribution >= 4 is 6.09 Å². The van der Waals surface area contributed by atoms with Crippen molar-refractivity contribution in [1.29, 1.82) is 0 Å². The maximum atomic E-state index is 12.6. The molecule has 5 heteroatoms. The highest BCUT2D eigenvalue weighted by molar-refractivity contribution is 5.69. The lowest BCUT2D eigenvalue weighted by Gasteiger charge is -2.37. The van der Waals surface area contributed by atoms with Crippen LogP contribution in [0.1, 0.15) is 66.7 Å². The largest absolute Gasteiger partial charge is 0.444 e. The lowest BCUT2D eigenvalue weighted by Crippen LogP contribution is -2.50. The Balaban J connectivity index is 1.62. The smallest absolute Gasteiger partial charge is 0.412 e. The molecule has 0 bridgehead atoms. The summed E-state index contributed by atoms with van der Waals surface area (Å²) in [6.07, 6.45) is 5.46. The third kappa shape index (κ3) is 3.82. The Morgan fingerprint density at radius 3 is 2.39 bits per heavy atom. The molecule has 3 aliphatic rings. The van der Waals surface area contributed by atoms with E-state index in [0.717, 1.165) is 13.0 Å². The molecule has 0 radical (unpaired) electrons. The van der Waals surface area contributed by atoms with Crippen LogP contribution in [-0.4, -0.2) is 47.2 Å². The number of carbonyl (C=O) groups excluding carboxylic acids is 1. The second-order valence-electron chi connectivity index (χ2n) is 8.90. The van der Waals surface area contributed by atoms with E-state index in [2.05, 4.69) is 0 Å². The second-order valence-corrected chi connectivity index (χ2v) is 8.90. The molecule has 5 nitrogen and oxygen atoms in total. The Labute approximate surface area is 139 Å². The molecule has 1 amide bonds. The van der Waals surface area contributed by atoms with E-state index in [-0.39, 0.29) is 17.7 Å². The number of rotatable bonds is 2. The number of ether oxygens (including phenoxy) is 3. The van der Waals surface area contributed by atoms with Crippen molar-refractivity contribution in [2.45, 2.75) is 89.7 Å². The van der Waals surface area contributed by atoms with Gasteiger partial charge in [0.15, 0.2) is 0 Å². The molecule has 23 heavy (non-hydrogen) atoms. The van der Waals surface area contributed by atoms with Crippen LogP contribution >= 0.6 is 0 Å². The summed E-state index contributed by atoms with van der Waals surface area (Å²) in [5, 5.41) is 0. The Morgan fingerprint density at radius 1 is 1.17 bits per heavy atom. The van der Waals surface area contributed by atoms with Crippen LogP contribution in [0.15, 0.2) is 0 Å². The monoisotopic (exact) mass is 325 g/mol. The van der Waals surface area contributed by atoms with Crippen molar-refractivity contribution < 1.29 is 19.0 Å². The molecule has 1 spiro atoms. The molecule has 1 unspecified atom stereocenters. The van der Waals surface area contributed by atoms with Gasteiger partial charge < -0.3 is 14.2 Å². The van der Waals surface area contributed by atoms with Gasteiger partial charge in [0.1, 0.15) is 11.3 Å². The van der Waals surface area contributed by atoms with Crippen LogP contribution in [0.3, 0.4) is 0 Å². The van der Waals surface area contributed by atoms with Crippen molar-refractivity contribution in [2.75, 3.05) is 13.2 Å². The number of nitrogens with zero attached hydrogens (tertiary/aromatic N) is 1. The fourth-order valence-corrected chi connectivity index (χ4v) is 3.76. The summed E-state index contributed by atoms with van der Waals surface area (Å²) in [6.45, 7) is 11.0. The summed E-state index contributed by atoms with van der Waals surface area (Å²) in [7, 11) is 0. The van der Waals surface area contributed by atoms with Crippen molar-refractivity contribution in [1.82, 2.24) is 4.90 Å². The quantitative estimate of drug-likeness (QED) is 0.776. The van der Waals surface area contributed by atoms with Gasteiger partial charge in [-0.2, -0.15) is 0 Å². The summed E-state index contributed by atoms with van der Waals surface area (Å²) in [4.78, 5) is 14.4. The van der Waals surface area contributed by atoms with Gasteiger partial charge in [0.25, 0.3) is 0 Å². The molecule has 1 aliphatic carbocycles. The Kier molecular flexibility index (Phi) is 4.16. The van der Waals surface area contributed by atoms with Gasteiger partial charge >= 0.3 is 6.09 Å². The zero-order chi connectivity index (χ0) is 16.9. The van der Waals surface area contributed by atoms with Crippen molar-refractivity contribution in [3.05, 3.63) is 0 Å². The summed E-state index contributed by atoms with van der Waals surface area (Å²) in [5.41, 5.74) is -0.875. The minimum Gasteiger partial charge on any atom is -0.444 e. The van der Waals surface area contributed by atoms with E-state index >= 15 is 0 Å². The van der Waals surface area contributed by atoms with Crippen LogP contribution in [0.25, 0.3) is 0 Å². The third-order valence-corrected chi connectivity index (χ3v) is 5.21. The Bertz CT molecular complexity index is 454. The molecule has 1 saturated carbocycles. The summed E-state index contributed by atoms with van der Waals surface area (Å²) >= 11 is 0. The van der Waals surface area contributed by atoms with Gasteiger partial charge in [-0.1, -0.05) is 0 Å². The van der Waals surface area contributed by atoms with E-state index in [1.807, 2.05) is 34.6 Å². The van der Waals surface area contributed by atoms with Crippen LogP contribution in [-0.2, 0) is 14.2 Å². The fraction of sp³-hybridized carbons (Fsp3) is 0.944. The highest BCUT2D eigenvalue weighted by Crippen LogP contribution is 2.48. The van der Waals surface area contributed by atoms with Crippen LogP contribution in [0, 0.1) is 5.92 Å². The molecule has 0 N–H and O–H groups in total. The first kappa shape index (κ1) is 17.0. The van der Waals surface area contributed by atoms with Gasteiger partial charge in [0.05, 0.1) is 24.9 Å². The zero-order valence-electron chi connectivity index (χ0n) is 15.2. The van der Waals surface area contributed by atoms with Crippen LogP contribution in [0.2, 0.25) is 0 Å². The minimum absolute atomic E-state index is 0.0710. The van der Waals surface area contributed by atoms with Gasteiger partial charge in [0.2, 0.25) is 0 Å². The van der Waals surface area contributed by atoms with Gasteiger partial charge in [-0.15, -0.1) is 0 Å². The van der Waals surface area contributed by atoms with Crippen LogP contribution in [0.4, 0.5) is 4.79 Å². The molecule has 0 aromatic heterocycles. The SMILES string of the molecule is CC(C)(C)OC(=O)N1C(C[C@H]2CCC3(CC3)OC2)COC1(C)C. The molecule has 3 rings (SSSR count). The Morgan fingerprint density at radius 2 is 1.87 bits per heavy atom. The van der Waals surface area contributed by atoms with Crippen molar-refractivity contribution in [3.63, 3.8) is 0 Å². The maximum absolute atomic E-state index is 12.6. The molecule has 2 atom stereocenters. The first-order valence-electron chi connectivity index (χ1n) is 8.91. The van der Waals surface area contributed by atoms with Crippen LogP contribution in [0.5, 0.6) is 0 Å². The average molecular weight is 325 g/mol. The number of hydrogen-bond acceptors (Lipinski definition) is 4. The van der Waals surface area contributed by atoms with E-state index < -0.39 is 11.3 Å². The Hall–Kier alpha value is -0.810. The van der Waals surface area contributed by atoms with Crippen LogP contribution < -0.4 is 0 Å². The molecular weight excluding hydrogens is 294 g/mol. The molecule has 3 fully saturated rings. The predicted octanol–water partition coefficient (Wildman–Crippen LogP) is 3.71. The van der Waals surface area contributed by atoms with Crippen molar-refractivity contribution in [2.24, 2.45) is 5.92 Å². The normalized spacial score (nSPS) is 32.1. The lowest BCUT2D eigenvalue weighted by molar-refractivity contribution is -0.0668. The van der Waals surface area contributed by atoms with E-state index in [1.165, 1.54) is 25.7 Å². The lowest BCUT2D eigenvalue weighted by atomic mass is 9.91. The summed E-state index contributed by atoms with van der Waals surface area (Å²) < 4.78 is 17.5. The molecule has 2 saturated heterocycles. The number of carbonyl (C=O) groups is 1. The molecule has 0 aromatic carbocycles. The topological polar surface area (TPSA) is 48.0 Å². The van der Waals surface area contributed by atoms with Gasteiger partial charge in [0, 0.05) is 0 Å². The van der Waals surface area contributed by atoms with Gasteiger partial charge in [-0.05, 0) is 72.6 Å². The van der Waals surface area contributed by atoms with E-state index in [0.29, 0.717) is 12.5 Å². The van der Waals surface area contributed by atoms with E-state index in [9.17, 15) is 4.79 Å².